The second-order valence-corrected chi connectivity index (χ2v) is 7.21. The number of hydrogen-bond acceptors (Lipinski definition) is 5. The van der Waals surface area contributed by atoms with Crippen LogP contribution in [0.3, 0.4) is 0 Å². The van der Waals surface area contributed by atoms with Crippen molar-refractivity contribution in [1.29, 1.82) is 0 Å². The predicted octanol–water partition coefficient (Wildman–Crippen LogP) is 4.14. The molecular weight excluding hydrogens is 378 g/mol. The van der Waals surface area contributed by atoms with Gasteiger partial charge in [-0.25, -0.2) is 9.37 Å². The zero-order chi connectivity index (χ0) is 19.5. The van der Waals surface area contributed by atoms with Gasteiger partial charge in [0, 0.05) is 12.0 Å². The summed E-state index contributed by atoms with van der Waals surface area (Å²) in [6, 6.07) is 5.46. The Bertz CT molecular complexity index is 1060. The molecule has 6 nitrogen and oxygen atoms in total. The molecule has 0 unspecified atom stereocenters. The minimum Gasteiger partial charge on any atom is -0.403 e. The standard InChI is InChI=1S/C18H15F4N5O/c19-12-7-11(3-4-14(12)28-18(20,21)22)17(5-6-17)26-15-8-13(10-1-2-10)25-16-23-9-24-27(15)16/h3-4,7-10,26H,1-2,5-6H2. The molecule has 0 amide bonds. The third-order valence-corrected chi connectivity index (χ3v) is 5.09. The highest BCUT2D eigenvalue weighted by molar-refractivity contribution is 5.52. The summed E-state index contributed by atoms with van der Waals surface area (Å²) < 4.78 is 56.5. The van der Waals surface area contributed by atoms with Gasteiger partial charge in [-0.15, -0.1) is 13.2 Å². The average Bonchev–Trinajstić information content (AvgIpc) is 3.55. The van der Waals surface area contributed by atoms with Gasteiger partial charge in [-0.1, -0.05) is 6.07 Å². The SMILES string of the molecule is Fc1cc(C2(Nc3cc(C4CC4)nc4ncnn34)CC2)ccc1OC(F)(F)F. The topological polar surface area (TPSA) is 64.3 Å². The van der Waals surface area contributed by atoms with E-state index in [2.05, 4.69) is 25.1 Å². The predicted molar refractivity (Wildman–Crippen MR) is 90.4 cm³/mol. The molecule has 146 valence electrons. The molecule has 0 radical (unpaired) electrons. The summed E-state index contributed by atoms with van der Waals surface area (Å²) in [5.74, 6) is -0.331. The van der Waals surface area contributed by atoms with Crippen molar-refractivity contribution < 1.29 is 22.3 Å². The monoisotopic (exact) mass is 393 g/mol. The highest BCUT2D eigenvalue weighted by Crippen LogP contribution is 2.49. The summed E-state index contributed by atoms with van der Waals surface area (Å²) in [4.78, 5) is 8.66. The van der Waals surface area contributed by atoms with Gasteiger partial charge >= 0.3 is 6.36 Å². The van der Waals surface area contributed by atoms with E-state index < -0.39 is 23.5 Å². The van der Waals surface area contributed by atoms with E-state index in [4.69, 9.17) is 0 Å². The van der Waals surface area contributed by atoms with Crippen LogP contribution in [0.15, 0.2) is 30.6 Å². The number of halogens is 4. The number of nitrogens with one attached hydrogen (secondary N) is 1. The first kappa shape index (κ1) is 17.2. The lowest BCUT2D eigenvalue weighted by Crippen LogP contribution is -2.22. The highest BCUT2D eigenvalue weighted by atomic mass is 19.4. The van der Waals surface area contributed by atoms with Crippen molar-refractivity contribution in [2.75, 3.05) is 5.32 Å². The Morgan fingerprint density at radius 1 is 1.18 bits per heavy atom. The number of anilines is 1. The molecule has 2 saturated carbocycles. The highest BCUT2D eigenvalue weighted by Gasteiger charge is 2.46. The minimum atomic E-state index is -4.94. The summed E-state index contributed by atoms with van der Waals surface area (Å²) in [7, 11) is 0. The molecular formula is C18H15F4N5O. The van der Waals surface area contributed by atoms with E-state index in [1.165, 1.54) is 12.4 Å². The van der Waals surface area contributed by atoms with Crippen LogP contribution in [0.5, 0.6) is 5.75 Å². The Hall–Kier alpha value is -2.91. The minimum absolute atomic E-state index is 0.411. The molecule has 0 aliphatic heterocycles. The molecule has 10 heteroatoms. The Kier molecular flexibility index (Phi) is 3.56. The molecule has 5 rings (SSSR count). The van der Waals surface area contributed by atoms with Crippen LogP contribution < -0.4 is 10.1 Å². The van der Waals surface area contributed by atoms with Crippen molar-refractivity contribution in [3.8, 4) is 5.75 Å². The van der Waals surface area contributed by atoms with E-state index in [9.17, 15) is 17.6 Å². The van der Waals surface area contributed by atoms with Gasteiger partial charge in [-0.05, 0) is 43.4 Å². The maximum atomic E-state index is 14.2. The molecule has 1 N–H and O–H groups in total. The van der Waals surface area contributed by atoms with E-state index in [-0.39, 0.29) is 0 Å². The fourth-order valence-corrected chi connectivity index (χ4v) is 3.37. The zero-order valence-electron chi connectivity index (χ0n) is 14.5. The second kappa shape index (κ2) is 5.79. The second-order valence-electron chi connectivity index (χ2n) is 7.21. The first-order valence-electron chi connectivity index (χ1n) is 8.88. The quantitative estimate of drug-likeness (QED) is 0.660. The van der Waals surface area contributed by atoms with E-state index in [1.807, 2.05) is 6.07 Å². The van der Waals surface area contributed by atoms with Crippen molar-refractivity contribution in [2.45, 2.75) is 43.5 Å². The number of rotatable bonds is 5. The van der Waals surface area contributed by atoms with Crippen LogP contribution >= 0.6 is 0 Å². The summed E-state index contributed by atoms with van der Waals surface area (Å²) in [5, 5.41) is 7.56. The lowest BCUT2D eigenvalue weighted by Gasteiger charge is -2.21. The van der Waals surface area contributed by atoms with Gasteiger partial charge in [0.1, 0.15) is 12.1 Å². The number of alkyl halides is 3. The van der Waals surface area contributed by atoms with Gasteiger partial charge in [0.15, 0.2) is 11.6 Å². The molecule has 2 aromatic heterocycles. The molecule has 0 saturated heterocycles. The van der Waals surface area contributed by atoms with Crippen LogP contribution in [-0.4, -0.2) is 25.9 Å². The van der Waals surface area contributed by atoms with Crippen LogP contribution in [-0.2, 0) is 5.54 Å². The van der Waals surface area contributed by atoms with Gasteiger partial charge in [-0.2, -0.15) is 14.6 Å². The summed E-state index contributed by atoms with van der Waals surface area (Å²) in [6.07, 6.45) is 0.0491. The Labute approximate surface area is 156 Å². The van der Waals surface area contributed by atoms with E-state index in [1.54, 1.807) is 4.52 Å². The summed E-state index contributed by atoms with van der Waals surface area (Å²) in [6.45, 7) is 0. The number of benzene rings is 1. The molecule has 2 fully saturated rings. The molecule has 1 aromatic carbocycles. The lowest BCUT2D eigenvalue weighted by molar-refractivity contribution is -0.275. The van der Waals surface area contributed by atoms with Gasteiger partial charge < -0.3 is 10.1 Å². The fraction of sp³-hybridized carbons (Fsp3) is 0.389. The Morgan fingerprint density at radius 3 is 2.61 bits per heavy atom. The normalized spacial score (nSPS) is 18.3. The van der Waals surface area contributed by atoms with Crippen LogP contribution in [0.4, 0.5) is 23.4 Å². The van der Waals surface area contributed by atoms with Crippen molar-refractivity contribution in [2.24, 2.45) is 0 Å². The maximum absolute atomic E-state index is 14.2. The molecule has 0 atom stereocenters. The fourth-order valence-electron chi connectivity index (χ4n) is 3.37. The smallest absolute Gasteiger partial charge is 0.403 e. The number of nitrogens with zero attached hydrogens (tertiary/aromatic N) is 4. The number of fused-ring (bicyclic) bond motifs is 1. The number of aromatic nitrogens is 4. The average molecular weight is 393 g/mol. The molecule has 2 aliphatic carbocycles. The van der Waals surface area contributed by atoms with E-state index >= 15 is 0 Å². The van der Waals surface area contributed by atoms with Gasteiger partial charge in [0.2, 0.25) is 0 Å². The van der Waals surface area contributed by atoms with Crippen LogP contribution in [0.1, 0.15) is 42.9 Å². The molecule has 3 aromatic rings. The third kappa shape index (κ3) is 3.12. The van der Waals surface area contributed by atoms with Crippen molar-refractivity contribution in [3.63, 3.8) is 0 Å². The molecule has 2 aliphatic rings. The Balaban J connectivity index is 1.47. The number of ether oxygens (including phenoxy) is 1. The maximum Gasteiger partial charge on any atom is 0.573 e. The van der Waals surface area contributed by atoms with Gasteiger partial charge in [0.25, 0.3) is 5.78 Å². The molecule has 28 heavy (non-hydrogen) atoms. The number of hydrogen-bond donors (Lipinski definition) is 1. The van der Waals surface area contributed by atoms with Crippen LogP contribution in [0.25, 0.3) is 5.78 Å². The zero-order valence-corrected chi connectivity index (χ0v) is 14.5. The third-order valence-electron chi connectivity index (χ3n) is 5.09. The Morgan fingerprint density at radius 2 is 1.96 bits per heavy atom. The van der Waals surface area contributed by atoms with E-state index in [0.717, 1.165) is 30.7 Å². The first-order chi connectivity index (χ1) is 13.3. The van der Waals surface area contributed by atoms with Gasteiger partial charge in [0.05, 0.1) is 11.2 Å². The lowest BCUT2D eigenvalue weighted by atomic mass is 10.0. The van der Waals surface area contributed by atoms with E-state index in [0.29, 0.717) is 35.9 Å². The van der Waals surface area contributed by atoms with Crippen molar-refractivity contribution >= 4 is 11.6 Å². The molecule has 0 bridgehead atoms. The van der Waals surface area contributed by atoms with Crippen molar-refractivity contribution in [3.05, 3.63) is 47.7 Å². The van der Waals surface area contributed by atoms with Crippen molar-refractivity contribution in [1.82, 2.24) is 19.6 Å². The summed E-state index contributed by atoms with van der Waals surface area (Å²) in [5.41, 5.74) is 0.912. The summed E-state index contributed by atoms with van der Waals surface area (Å²) >= 11 is 0. The largest absolute Gasteiger partial charge is 0.573 e. The first-order valence-corrected chi connectivity index (χ1v) is 8.88. The van der Waals surface area contributed by atoms with Crippen LogP contribution in [0.2, 0.25) is 0 Å². The van der Waals surface area contributed by atoms with Gasteiger partial charge in [-0.3, -0.25) is 0 Å². The van der Waals surface area contributed by atoms with Crippen LogP contribution in [0, 0.1) is 5.82 Å². The molecule has 2 heterocycles. The molecule has 0 spiro atoms.